The highest BCUT2D eigenvalue weighted by atomic mass is 32.2. The minimum Gasteiger partial charge on any atom is -0.355 e. The lowest BCUT2D eigenvalue weighted by molar-refractivity contribution is -0.118. The fourth-order valence-electron chi connectivity index (χ4n) is 3.19. The number of para-hydroxylation sites is 2. The molecule has 0 aliphatic rings. The van der Waals surface area contributed by atoms with Crippen molar-refractivity contribution in [2.75, 3.05) is 12.3 Å². The number of halogens is 1. The van der Waals surface area contributed by atoms with E-state index in [0.29, 0.717) is 34.7 Å². The van der Waals surface area contributed by atoms with Gasteiger partial charge in [-0.1, -0.05) is 54.2 Å². The van der Waals surface area contributed by atoms with Gasteiger partial charge in [0.1, 0.15) is 5.82 Å². The van der Waals surface area contributed by atoms with Gasteiger partial charge in [-0.25, -0.2) is 9.37 Å². The Bertz CT molecular complexity index is 1260. The topological polar surface area (TPSA) is 64.0 Å². The van der Waals surface area contributed by atoms with Crippen molar-refractivity contribution in [3.63, 3.8) is 0 Å². The predicted octanol–water partition coefficient (Wildman–Crippen LogP) is 3.98. The Kier molecular flexibility index (Phi) is 6.43. The van der Waals surface area contributed by atoms with Crippen molar-refractivity contribution in [1.29, 1.82) is 0 Å². The van der Waals surface area contributed by atoms with Crippen LogP contribution in [0.15, 0.2) is 88.8 Å². The Hall–Kier alpha value is -3.45. The summed E-state index contributed by atoms with van der Waals surface area (Å²) in [4.78, 5) is 30.1. The van der Waals surface area contributed by atoms with Crippen molar-refractivity contribution < 1.29 is 9.18 Å². The molecular weight excluding hydrogens is 413 g/mol. The van der Waals surface area contributed by atoms with Crippen LogP contribution in [0.2, 0.25) is 0 Å². The van der Waals surface area contributed by atoms with Crippen LogP contribution in [0, 0.1) is 5.82 Å². The minimum atomic E-state index is -0.281. The molecule has 1 aromatic heterocycles. The Morgan fingerprint density at radius 1 is 0.968 bits per heavy atom. The number of aromatic nitrogens is 2. The molecule has 5 nitrogen and oxygen atoms in total. The third-order valence-electron chi connectivity index (χ3n) is 4.74. The van der Waals surface area contributed by atoms with Gasteiger partial charge in [0.2, 0.25) is 5.91 Å². The van der Waals surface area contributed by atoms with Crippen LogP contribution in [0.5, 0.6) is 0 Å². The summed E-state index contributed by atoms with van der Waals surface area (Å²) in [7, 11) is 0. The van der Waals surface area contributed by atoms with Gasteiger partial charge in [0, 0.05) is 6.54 Å². The average Bonchev–Trinajstić information content (AvgIpc) is 2.80. The average molecular weight is 434 g/mol. The molecule has 0 saturated carbocycles. The van der Waals surface area contributed by atoms with Gasteiger partial charge in [0.25, 0.3) is 5.56 Å². The highest BCUT2D eigenvalue weighted by molar-refractivity contribution is 7.99. The number of rotatable bonds is 7. The number of hydrogen-bond donors (Lipinski definition) is 1. The summed E-state index contributed by atoms with van der Waals surface area (Å²) in [6.45, 7) is 0.446. The lowest BCUT2D eigenvalue weighted by atomic mass is 10.1. The zero-order valence-electron chi connectivity index (χ0n) is 16.6. The number of benzene rings is 3. The smallest absolute Gasteiger partial charge is 0.266 e. The Labute approximate surface area is 182 Å². The molecule has 0 radical (unpaired) electrons. The maximum Gasteiger partial charge on any atom is 0.266 e. The molecule has 0 spiro atoms. The summed E-state index contributed by atoms with van der Waals surface area (Å²) in [6.07, 6.45) is 0.611. The summed E-state index contributed by atoms with van der Waals surface area (Å²) >= 11 is 1.22. The molecule has 3 aromatic carbocycles. The third-order valence-corrected chi connectivity index (χ3v) is 5.68. The summed E-state index contributed by atoms with van der Waals surface area (Å²) in [6, 6.07) is 22.7. The van der Waals surface area contributed by atoms with Gasteiger partial charge in [0.05, 0.1) is 22.3 Å². The van der Waals surface area contributed by atoms with E-state index in [-0.39, 0.29) is 23.0 Å². The second-order valence-corrected chi connectivity index (χ2v) is 7.85. The van der Waals surface area contributed by atoms with Crippen LogP contribution in [0.4, 0.5) is 4.39 Å². The molecule has 1 N–H and O–H groups in total. The molecule has 1 heterocycles. The molecule has 1 amide bonds. The SMILES string of the molecule is O=C(CSc1nc2ccccc2c(=O)n1-c1ccccc1)NCCc1ccc(F)cc1. The molecule has 0 bridgehead atoms. The van der Waals surface area contributed by atoms with Crippen molar-refractivity contribution >= 4 is 28.6 Å². The number of fused-ring (bicyclic) bond motifs is 1. The van der Waals surface area contributed by atoms with Gasteiger partial charge in [-0.3, -0.25) is 14.2 Å². The van der Waals surface area contributed by atoms with Gasteiger partial charge in [-0.15, -0.1) is 0 Å². The largest absolute Gasteiger partial charge is 0.355 e. The van der Waals surface area contributed by atoms with Crippen molar-refractivity contribution in [3.05, 3.63) is 101 Å². The highest BCUT2D eigenvalue weighted by Crippen LogP contribution is 2.21. The van der Waals surface area contributed by atoms with Crippen molar-refractivity contribution in [1.82, 2.24) is 14.9 Å². The first-order valence-electron chi connectivity index (χ1n) is 9.83. The Morgan fingerprint density at radius 3 is 2.45 bits per heavy atom. The summed E-state index contributed by atoms with van der Waals surface area (Å²) in [5.74, 6) is -0.313. The molecule has 0 unspecified atom stereocenters. The molecule has 0 aliphatic heterocycles. The molecule has 0 fully saturated rings. The standard InChI is InChI=1S/C24H20FN3O2S/c25-18-12-10-17(11-13-18)14-15-26-22(29)16-31-24-27-21-9-5-4-8-20(21)23(30)28(24)19-6-2-1-3-7-19/h1-13H,14-16H2,(H,26,29). The number of amides is 1. The van der Waals surface area contributed by atoms with E-state index >= 15 is 0 Å². The predicted molar refractivity (Wildman–Crippen MR) is 121 cm³/mol. The number of thioether (sulfide) groups is 1. The summed E-state index contributed by atoms with van der Waals surface area (Å²) < 4.78 is 14.5. The third kappa shape index (κ3) is 5.00. The van der Waals surface area contributed by atoms with E-state index in [9.17, 15) is 14.0 Å². The molecule has 0 aliphatic carbocycles. The molecule has 156 valence electrons. The van der Waals surface area contributed by atoms with E-state index < -0.39 is 0 Å². The monoisotopic (exact) mass is 433 g/mol. The van der Waals surface area contributed by atoms with Crippen molar-refractivity contribution in [3.8, 4) is 5.69 Å². The van der Waals surface area contributed by atoms with Gasteiger partial charge < -0.3 is 5.32 Å². The second-order valence-electron chi connectivity index (χ2n) is 6.90. The van der Waals surface area contributed by atoms with E-state index in [4.69, 9.17) is 0 Å². The number of carbonyl (C=O) groups excluding carboxylic acids is 1. The number of nitrogens with zero attached hydrogens (tertiary/aromatic N) is 2. The zero-order chi connectivity index (χ0) is 21.6. The molecule has 4 rings (SSSR count). The van der Waals surface area contributed by atoms with Gasteiger partial charge in [-0.2, -0.15) is 0 Å². The normalized spacial score (nSPS) is 10.9. The maximum absolute atomic E-state index is 13.1. The fourth-order valence-corrected chi connectivity index (χ4v) is 4.03. The number of nitrogens with one attached hydrogen (secondary N) is 1. The fraction of sp³-hybridized carbons (Fsp3) is 0.125. The van der Waals surface area contributed by atoms with Gasteiger partial charge in [0.15, 0.2) is 5.16 Å². The maximum atomic E-state index is 13.1. The lowest BCUT2D eigenvalue weighted by Gasteiger charge is -2.13. The molecule has 0 atom stereocenters. The van der Waals surface area contributed by atoms with E-state index in [1.165, 1.54) is 23.9 Å². The first-order chi connectivity index (χ1) is 15.1. The van der Waals surface area contributed by atoms with Gasteiger partial charge in [-0.05, 0) is 48.4 Å². The first kappa shape index (κ1) is 20.8. The molecule has 4 aromatic rings. The van der Waals surface area contributed by atoms with Crippen LogP contribution < -0.4 is 10.9 Å². The van der Waals surface area contributed by atoms with Crippen molar-refractivity contribution in [2.24, 2.45) is 0 Å². The molecule has 0 saturated heterocycles. The van der Waals surface area contributed by atoms with E-state index in [0.717, 1.165) is 5.56 Å². The van der Waals surface area contributed by atoms with Crippen LogP contribution in [-0.4, -0.2) is 27.8 Å². The first-order valence-corrected chi connectivity index (χ1v) is 10.8. The Balaban J connectivity index is 1.49. The van der Waals surface area contributed by atoms with E-state index in [1.54, 1.807) is 28.8 Å². The van der Waals surface area contributed by atoms with E-state index in [1.807, 2.05) is 42.5 Å². The number of carbonyl (C=O) groups is 1. The lowest BCUT2D eigenvalue weighted by Crippen LogP contribution is -2.28. The van der Waals surface area contributed by atoms with Crippen LogP contribution in [0.3, 0.4) is 0 Å². The molecule has 31 heavy (non-hydrogen) atoms. The van der Waals surface area contributed by atoms with Crippen LogP contribution in [-0.2, 0) is 11.2 Å². The number of hydrogen-bond acceptors (Lipinski definition) is 4. The van der Waals surface area contributed by atoms with E-state index in [2.05, 4.69) is 10.3 Å². The minimum absolute atomic E-state index is 0.126. The second kappa shape index (κ2) is 9.57. The molecular formula is C24H20FN3O2S. The quantitative estimate of drug-likeness (QED) is 0.354. The Morgan fingerprint density at radius 2 is 1.68 bits per heavy atom. The van der Waals surface area contributed by atoms with Gasteiger partial charge >= 0.3 is 0 Å². The molecule has 7 heteroatoms. The van der Waals surface area contributed by atoms with Crippen LogP contribution >= 0.6 is 11.8 Å². The van der Waals surface area contributed by atoms with Crippen molar-refractivity contribution in [2.45, 2.75) is 11.6 Å². The highest BCUT2D eigenvalue weighted by Gasteiger charge is 2.14. The van der Waals surface area contributed by atoms with Crippen LogP contribution in [0.1, 0.15) is 5.56 Å². The zero-order valence-corrected chi connectivity index (χ0v) is 17.4. The summed E-state index contributed by atoms with van der Waals surface area (Å²) in [5, 5.41) is 3.85. The summed E-state index contributed by atoms with van der Waals surface area (Å²) in [5.41, 5.74) is 2.07. The van der Waals surface area contributed by atoms with Crippen LogP contribution in [0.25, 0.3) is 16.6 Å².